The van der Waals surface area contributed by atoms with E-state index in [1.54, 1.807) is 24.8 Å². The molecule has 0 unspecified atom stereocenters. The van der Waals surface area contributed by atoms with Gasteiger partial charge in [0, 0.05) is 11.4 Å². The summed E-state index contributed by atoms with van der Waals surface area (Å²) in [6.07, 6.45) is -2.76. The van der Waals surface area contributed by atoms with Crippen LogP contribution in [0.2, 0.25) is 0 Å². The lowest BCUT2D eigenvalue weighted by Crippen LogP contribution is -2.14. The molecule has 0 aliphatic heterocycles. The van der Waals surface area contributed by atoms with Gasteiger partial charge in [0.15, 0.2) is 0 Å². The Morgan fingerprint density at radius 1 is 1.35 bits per heavy atom. The number of aryl methyl sites for hydroxylation is 1. The van der Waals surface area contributed by atoms with Crippen LogP contribution in [0.5, 0.6) is 0 Å². The predicted octanol–water partition coefficient (Wildman–Crippen LogP) is 5.28. The fourth-order valence-electron chi connectivity index (χ4n) is 1.96. The van der Waals surface area contributed by atoms with E-state index in [-0.39, 0.29) is 4.88 Å². The molecule has 124 valence electrons. The Morgan fingerprint density at radius 3 is 2.70 bits per heavy atom. The minimum atomic E-state index is -2.76. The van der Waals surface area contributed by atoms with Crippen LogP contribution in [-0.2, 0) is 5.75 Å². The van der Waals surface area contributed by atoms with E-state index in [9.17, 15) is 13.6 Å². The molecule has 1 aromatic heterocycles. The first-order chi connectivity index (χ1) is 10.9. The normalized spacial score (nSPS) is 11.3. The highest BCUT2D eigenvalue weighted by Gasteiger charge is 2.23. The van der Waals surface area contributed by atoms with Gasteiger partial charge in [-0.15, -0.1) is 11.3 Å². The predicted molar refractivity (Wildman–Crippen MR) is 92.6 cm³/mol. The number of carbonyl (C=O) groups excluding carboxylic acids is 1. The average Bonchev–Trinajstić information content (AvgIpc) is 2.88. The molecule has 0 radical (unpaired) electrons. The summed E-state index contributed by atoms with van der Waals surface area (Å²) in [5, 5.41) is 3.66. The Morgan fingerprint density at radius 2 is 2.04 bits per heavy atom. The van der Waals surface area contributed by atoms with Gasteiger partial charge in [0.25, 0.3) is 12.3 Å². The van der Waals surface area contributed by atoms with Crippen LogP contribution in [0.25, 0.3) is 0 Å². The summed E-state index contributed by atoms with van der Waals surface area (Å²) in [5.41, 5.74) is 1.18. The molecular weight excluding hydrogens is 338 g/mol. The van der Waals surface area contributed by atoms with Crippen molar-refractivity contribution >= 4 is 34.7 Å². The van der Waals surface area contributed by atoms with Gasteiger partial charge >= 0.3 is 0 Å². The fraction of sp³-hybridized carbons (Fsp3) is 0.375. The zero-order chi connectivity index (χ0) is 17.0. The second kappa shape index (κ2) is 7.88. The van der Waals surface area contributed by atoms with Crippen LogP contribution in [0.15, 0.2) is 24.3 Å². The Bertz CT molecular complexity index is 686. The first-order valence-corrected chi connectivity index (χ1v) is 9.01. The van der Waals surface area contributed by atoms with Crippen LogP contribution in [0, 0.1) is 6.92 Å². The first-order valence-electron chi connectivity index (χ1n) is 7.14. The molecular formula is C16H18F2N2OS2. The summed E-state index contributed by atoms with van der Waals surface area (Å²) in [5.74, 6) is 0.213. The molecule has 0 atom stereocenters. The van der Waals surface area contributed by atoms with Crippen LogP contribution in [0.1, 0.15) is 46.2 Å². The maximum absolute atomic E-state index is 13.0. The summed E-state index contributed by atoms with van der Waals surface area (Å²) in [4.78, 5) is 16.1. The van der Waals surface area contributed by atoms with Crippen LogP contribution in [0.4, 0.5) is 14.5 Å². The largest absolute Gasteiger partial charge is 0.321 e. The highest BCUT2D eigenvalue weighted by molar-refractivity contribution is 7.99. The van der Waals surface area contributed by atoms with E-state index in [1.165, 1.54) is 0 Å². The molecule has 0 saturated heterocycles. The zero-order valence-corrected chi connectivity index (χ0v) is 14.7. The molecule has 0 aliphatic rings. The Labute approximate surface area is 142 Å². The molecule has 0 spiro atoms. The van der Waals surface area contributed by atoms with Crippen LogP contribution >= 0.6 is 23.1 Å². The number of rotatable bonds is 6. The minimum absolute atomic E-state index is 0.0242. The van der Waals surface area contributed by atoms with Crippen molar-refractivity contribution in [3.8, 4) is 0 Å². The maximum Gasteiger partial charge on any atom is 0.282 e. The van der Waals surface area contributed by atoms with Crippen molar-refractivity contribution in [2.45, 2.75) is 38.2 Å². The number of aromatic nitrogens is 1. The van der Waals surface area contributed by atoms with Gasteiger partial charge in [-0.25, -0.2) is 13.8 Å². The molecule has 0 aliphatic carbocycles. The summed E-state index contributed by atoms with van der Waals surface area (Å²) in [7, 11) is 0. The van der Waals surface area contributed by atoms with E-state index in [2.05, 4.69) is 24.1 Å². The number of benzene rings is 1. The number of hydrogen-bond acceptors (Lipinski definition) is 4. The summed E-state index contributed by atoms with van der Waals surface area (Å²) < 4.78 is 26.0. The number of alkyl halides is 2. The third-order valence-corrected chi connectivity index (χ3v) is 5.14. The van der Waals surface area contributed by atoms with Gasteiger partial charge in [-0.3, -0.25) is 4.79 Å². The Kier molecular flexibility index (Phi) is 6.12. The van der Waals surface area contributed by atoms with Gasteiger partial charge in [0.05, 0.1) is 5.01 Å². The molecule has 3 nitrogen and oxygen atoms in total. The van der Waals surface area contributed by atoms with Crippen molar-refractivity contribution in [3.05, 3.63) is 45.4 Å². The van der Waals surface area contributed by atoms with Crippen LogP contribution < -0.4 is 5.32 Å². The third kappa shape index (κ3) is 4.75. The molecule has 7 heteroatoms. The number of carbonyl (C=O) groups is 1. The number of nitrogens with one attached hydrogen (secondary N) is 1. The molecule has 1 N–H and O–H groups in total. The Hall–Kier alpha value is -1.47. The van der Waals surface area contributed by atoms with Gasteiger partial charge in [-0.1, -0.05) is 32.0 Å². The number of amides is 1. The average molecular weight is 356 g/mol. The number of nitrogens with zero attached hydrogens (tertiary/aromatic N) is 1. The van der Waals surface area contributed by atoms with E-state index >= 15 is 0 Å². The molecule has 23 heavy (non-hydrogen) atoms. The topological polar surface area (TPSA) is 42.0 Å². The first kappa shape index (κ1) is 17.9. The quantitative estimate of drug-likeness (QED) is 0.765. The van der Waals surface area contributed by atoms with E-state index in [0.717, 1.165) is 22.7 Å². The monoisotopic (exact) mass is 356 g/mol. The van der Waals surface area contributed by atoms with Crippen LogP contribution in [0.3, 0.4) is 0 Å². The van der Waals surface area contributed by atoms with Crippen molar-refractivity contribution in [1.82, 2.24) is 4.98 Å². The van der Waals surface area contributed by atoms with Crippen molar-refractivity contribution in [2.24, 2.45) is 0 Å². The SMILES string of the molecule is Cc1nc(C(F)F)c(C(=O)Nc2ccccc2CSC(C)C)s1. The van der Waals surface area contributed by atoms with Gasteiger partial charge < -0.3 is 5.32 Å². The van der Waals surface area contributed by atoms with Gasteiger partial charge in [0.1, 0.15) is 10.6 Å². The molecule has 0 fully saturated rings. The third-order valence-electron chi connectivity index (χ3n) is 3.01. The van der Waals surface area contributed by atoms with Crippen molar-refractivity contribution in [3.63, 3.8) is 0 Å². The van der Waals surface area contributed by atoms with Crippen LogP contribution in [-0.4, -0.2) is 16.1 Å². The lowest BCUT2D eigenvalue weighted by Gasteiger charge is -2.12. The van der Waals surface area contributed by atoms with E-state index < -0.39 is 18.0 Å². The van der Waals surface area contributed by atoms with E-state index in [4.69, 9.17) is 0 Å². The van der Waals surface area contributed by atoms with Crippen molar-refractivity contribution < 1.29 is 13.6 Å². The Balaban J connectivity index is 2.21. The standard InChI is InChI=1S/C16H18F2N2OS2/c1-9(2)22-8-11-6-4-5-7-12(11)20-16(21)14-13(15(17)18)19-10(3)23-14/h4-7,9,15H,8H2,1-3H3,(H,20,21). The van der Waals surface area contributed by atoms with Crippen molar-refractivity contribution in [1.29, 1.82) is 0 Å². The number of hydrogen-bond donors (Lipinski definition) is 1. The second-order valence-corrected chi connectivity index (χ2v) is 7.99. The molecule has 0 saturated carbocycles. The number of thioether (sulfide) groups is 1. The fourth-order valence-corrected chi connectivity index (χ4v) is 3.54. The lowest BCUT2D eigenvalue weighted by atomic mass is 10.2. The molecule has 2 aromatic rings. The number of anilines is 1. The molecule has 1 aromatic carbocycles. The van der Waals surface area contributed by atoms with Gasteiger partial charge in [-0.05, 0) is 23.8 Å². The molecule has 2 rings (SSSR count). The minimum Gasteiger partial charge on any atom is -0.321 e. The lowest BCUT2D eigenvalue weighted by molar-refractivity contribution is 0.101. The molecule has 1 amide bonds. The van der Waals surface area contributed by atoms with Crippen molar-refractivity contribution in [2.75, 3.05) is 5.32 Å². The summed E-state index contributed by atoms with van der Waals surface area (Å²) in [6.45, 7) is 5.81. The highest BCUT2D eigenvalue weighted by atomic mass is 32.2. The van der Waals surface area contributed by atoms with E-state index in [0.29, 0.717) is 15.9 Å². The molecule has 0 bridgehead atoms. The zero-order valence-electron chi connectivity index (χ0n) is 13.1. The number of para-hydroxylation sites is 1. The van der Waals surface area contributed by atoms with E-state index in [1.807, 2.05) is 18.2 Å². The summed E-state index contributed by atoms with van der Waals surface area (Å²) in [6, 6.07) is 7.42. The van der Waals surface area contributed by atoms with Gasteiger partial charge in [-0.2, -0.15) is 11.8 Å². The highest BCUT2D eigenvalue weighted by Crippen LogP contribution is 2.29. The maximum atomic E-state index is 13.0. The summed E-state index contributed by atoms with van der Waals surface area (Å²) >= 11 is 2.74. The number of thiazole rings is 1. The number of halogens is 2. The smallest absolute Gasteiger partial charge is 0.282 e. The second-order valence-electron chi connectivity index (χ2n) is 5.22. The molecule has 1 heterocycles. The van der Waals surface area contributed by atoms with Gasteiger partial charge in [0.2, 0.25) is 0 Å².